The molecule has 0 unspecified atom stereocenters. The van der Waals surface area contributed by atoms with Gasteiger partial charge in [-0.1, -0.05) is 12.1 Å². The lowest BCUT2D eigenvalue weighted by atomic mass is 9.76. The number of aliphatic carboxylic acids is 1. The quantitative estimate of drug-likeness (QED) is 0.898. The summed E-state index contributed by atoms with van der Waals surface area (Å²) >= 11 is 0. The number of carboxylic acids is 1. The third-order valence-electron chi connectivity index (χ3n) is 5.48. The zero-order chi connectivity index (χ0) is 18.1. The standard InChI is InChI=1S/C19H21N3O4/c23-17(15-4-2-14(3-5-15)10-22-8-1-7-20-22)21-11-16-6-9-26-13-19(16,12-21)18(24)25/h1-5,7-8,16H,6,9-13H2,(H,24,25)/t16-,19+/m1/s1. The molecule has 1 N–H and O–H groups in total. The predicted molar refractivity (Wildman–Crippen MR) is 92.7 cm³/mol. The molecule has 0 radical (unpaired) electrons. The maximum absolute atomic E-state index is 12.9. The van der Waals surface area contributed by atoms with Crippen molar-refractivity contribution >= 4 is 11.9 Å². The van der Waals surface area contributed by atoms with E-state index in [-0.39, 0.29) is 25.0 Å². The van der Waals surface area contributed by atoms with Crippen LogP contribution in [0.4, 0.5) is 0 Å². The van der Waals surface area contributed by atoms with Crippen molar-refractivity contribution in [1.82, 2.24) is 14.7 Å². The second-order valence-electron chi connectivity index (χ2n) is 7.09. The third kappa shape index (κ3) is 2.88. The fourth-order valence-corrected chi connectivity index (χ4v) is 3.96. The van der Waals surface area contributed by atoms with Crippen molar-refractivity contribution in [2.45, 2.75) is 13.0 Å². The summed E-state index contributed by atoms with van der Waals surface area (Å²) in [5, 5.41) is 13.9. The Kier molecular flexibility index (Phi) is 4.24. The van der Waals surface area contributed by atoms with E-state index in [4.69, 9.17) is 4.74 Å². The molecule has 3 heterocycles. The summed E-state index contributed by atoms with van der Waals surface area (Å²) in [5.41, 5.74) is 0.665. The molecule has 0 saturated carbocycles. The van der Waals surface area contributed by atoms with Crippen LogP contribution in [0.5, 0.6) is 0 Å². The number of carbonyl (C=O) groups is 2. The van der Waals surface area contributed by atoms with Crippen LogP contribution in [-0.2, 0) is 16.1 Å². The van der Waals surface area contributed by atoms with Crippen LogP contribution >= 0.6 is 0 Å². The van der Waals surface area contributed by atoms with Gasteiger partial charge in [0.2, 0.25) is 0 Å². The Bertz CT molecular complexity index is 803. The van der Waals surface area contributed by atoms with Gasteiger partial charge in [0.05, 0.1) is 13.2 Å². The van der Waals surface area contributed by atoms with Crippen LogP contribution in [0.15, 0.2) is 42.7 Å². The number of amides is 1. The normalized spacial score (nSPS) is 25.1. The molecular formula is C19H21N3O4. The number of fused-ring (bicyclic) bond motifs is 1. The number of ether oxygens (including phenoxy) is 1. The first-order valence-electron chi connectivity index (χ1n) is 8.75. The van der Waals surface area contributed by atoms with Crippen LogP contribution in [-0.4, -0.2) is 58.0 Å². The van der Waals surface area contributed by atoms with Gasteiger partial charge < -0.3 is 14.7 Å². The maximum atomic E-state index is 12.9. The Hall–Kier alpha value is -2.67. The molecule has 0 spiro atoms. The molecule has 1 aromatic carbocycles. The second kappa shape index (κ2) is 6.57. The molecule has 2 aliphatic heterocycles. The van der Waals surface area contributed by atoms with Gasteiger partial charge in [0, 0.05) is 37.7 Å². The number of carbonyl (C=O) groups excluding carboxylic acids is 1. The van der Waals surface area contributed by atoms with E-state index in [2.05, 4.69) is 5.10 Å². The molecule has 2 fully saturated rings. The van der Waals surface area contributed by atoms with Crippen molar-refractivity contribution in [1.29, 1.82) is 0 Å². The Morgan fingerprint density at radius 1 is 1.31 bits per heavy atom. The molecule has 1 amide bonds. The summed E-state index contributed by atoms with van der Waals surface area (Å²) in [4.78, 5) is 26.4. The Labute approximate surface area is 151 Å². The van der Waals surface area contributed by atoms with E-state index in [1.807, 2.05) is 29.1 Å². The van der Waals surface area contributed by atoms with Crippen LogP contribution in [0.1, 0.15) is 22.3 Å². The van der Waals surface area contributed by atoms with E-state index < -0.39 is 11.4 Å². The topological polar surface area (TPSA) is 84.7 Å². The molecule has 26 heavy (non-hydrogen) atoms. The molecule has 4 rings (SSSR count). The van der Waals surface area contributed by atoms with Crippen molar-refractivity contribution in [3.8, 4) is 0 Å². The van der Waals surface area contributed by atoms with Gasteiger partial charge in [-0.2, -0.15) is 5.10 Å². The Morgan fingerprint density at radius 2 is 2.12 bits per heavy atom. The maximum Gasteiger partial charge on any atom is 0.314 e. The van der Waals surface area contributed by atoms with Gasteiger partial charge in [-0.05, 0) is 36.1 Å². The van der Waals surface area contributed by atoms with Gasteiger partial charge >= 0.3 is 5.97 Å². The van der Waals surface area contributed by atoms with Crippen molar-refractivity contribution in [3.05, 3.63) is 53.9 Å². The number of aromatic nitrogens is 2. The van der Waals surface area contributed by atoms with Gasteiger partial charge in [0.25, 0.3) is 5.91 Å². The first-order chi connectivity index (χ1) is 12.6. The summed E-state index contributed by atoms with van der Waals surface area (Å²) in [6.07, 6.45) is 4.30. The number of hydrogen-bond donors (Lipinski definition) is 1. The molecule has 2 atom stereocenters. The minimum absolute atomic E-state index is 0.0446. The van der Waals surface area contributed by atoms with E-state index >= 15 is 0 Å². The summed E-state index contributed by atoms with van der Waals surface area (Å²) < 4.78 is 7.24. The Morgan fingerprint density at radius 3 is 2.77 bits per heavy atom. The number of nitrogens with zero attached hydrogens (tertiary/aromatic N) is 3. The van der Waals surface area contributed by atoms with Gasteiger partial charge in [-0.15, -0.1) is 0 Å². The first-order valence-corrected chi connectivity index (χ1v) is 8.75. The van der Waals surface area contributed by atoms with Crippen LogP contribution in [0.2, 0.25) is 0 Å². The number of likely N-dealkylation sites (tertiary alicyclic amines) is 1. The smallest absolute Gasteiger partial charge is 0.314 e. The van der Waals surface area contributed by atoms with Gasteiger partial charge in [-0.25, -0.2) is 0 Å². The van der Waals surface area contributed by atoms with E-state index in [0.29, 0.717) is 31.7 Å². The highest BCUT2D eigenvalue weighted by atomic mass is 16.5. The van der Waals surface area contributed by atoms with Crippen LogP contribution in [0.25, 0.3) is 0 Å². The average Bonchev–Trinajstić information content (AvgIpc) is 3.29. The lowest BCUT2D eigenvalue weighted by molar-refractivity contribution is -0.159. The first kappa shape index (κ1) is 16.8. The monoisotopic (exact) mass is 355 g/mol. The minimum atomic E-state index is -0.964. The summed E-state index contributed by atoms with van der Waals surface area (Å²) in [5.74, 6) is -1.03. The second-order valence-corrected chi connectivity index (χ2v) is 7.09. The Balaban J connectivity index is 1.48. The van der Waals surface area contributed by atoms with Crippen molar-refractivity contribution in [3.63, 3.8) is 0 Å². The lowest BCUT2D eigenvalue weighted by Crippen LogP contribution is -2.46. The molecule has 7 nitrogen and oxygen atoms in total. The molecule has 7 heteroatoms. The highest BCUT2D eigenvalue weighted by Gasteiger charge is 2.55. The summed E-state index contributed by atoms with van der Waals surface area (Å²) in [6, 6.07) is 9.29. The number of carboxylic acid groups (broad SMARTS) is 1. The highest BCUT2D eigenvalue weighted by molar-refractivity contribution is 5.95. The van der Waals surface area contributed by atoms with Crippen molar-refractivity contribution < 1.29 is 19.4 Å². The van der Waals surface area contributed by atoms with E-state index in [9.17, 15) is 14.7 Å². The number of benzene rings is 1. The van der Waals surface area contributed by atoms with Gasteiger partial charge in [0.1, 0.15) is 5.41 Å². The van der Waals surface area contributed by atoms with Crippen molar-refractivity contribution in [2.75, 3.05) is 26.3 Å². The van der Waals surface area contributed by atoms with E-state index in [1.165, 1.54) is 0 Å². The molecule has 2 saturated heterocycles. The fourth-order valence-electron chi connectivity index (χ4n) is 3.96. The van der Waals surface area contributed by atoms with E-state index in [1.54, 1.807) is 23.2 Å². The minimum Gasteiger partial charge on any atom is -0.481 e. The van der Waals surface area contributed by atoms with Gasteiger partial charge in [-0.3, -0.25) is 14.3 Å². The lowest BCUT2D eigenvalue weighted by Gasteiger charge is -2.33. The largest absolute Gasteiger partial charge is 0.481 e. The molecule has 2 aromatic rings. The zero-order valence-electron chi connectivity index (χ0n) is 14.4. The predicted octanol–water partition coefficient (Wildman–Crippen LogP) is 1.49. The number of hydrogen-bond acceptors (Lipinski definition) is 4. The van der Waals surface area contributed by atoms with Crippen molar-refractivity contribution in [2.24, 2.45) is 11.3 Å². The third-order valence-corrected chi connectivity index (χ3v) is 5.48. The molecule has 2 aliphatic rings. The molecule has 1 aromatic heterocycles. The summed E-state index contributed by atoms with van der Waals surface area (Å²) in [6.45, 7) is 2.07. The fraction of sp³-hybridized carbons (Fsp3) is 0.421. The zero-order valence-corrected chi connectivity index (χ0v) is 14.4. The molecule has 136 valence electrons. The molecule has 0 bridgehead atoms. The SMILES string of the molecule is O=C(c1ccc(Cn2cccn2)cc1)N1C[C@H]2CCOC[C@@]2(C(=O)O)C1. The summed E-state index contributed by atoms with van der Waals surface area (Å²) in [7, 11) is 0. The molecule has 0 aliphatic carbocycles. The highest BCUT2D eigenvalue weighted by Crippen LogP contribution is 2.42. The van der Waals surface area contributed by atoms with Crippen LogP contribution in [0.3, 0.4) is 0 Å². The van der Waals surface area contributed by atoms with Crippen LogP contribution in [0, 0.1) is 11.3 Å². The number of rotatable bonds is 4. The van der Waals surface area contributed by atoms with E-state index in [0.717, 1.165) is 5.56 Å². The molecular weight excluding hydrogens is 334 g/mol. The van der Waals surface area contributed by atoms with Gasteiger partial charge in [0.15, 0.2) is 0 Å². The van der Waals surface area contributed by atoms with Crippen LogP contribution < -0.4 is 0 Å². The average molecular weight is 355 g/mol.